The van der Waals surface area contributed by atoms with Crippen LogP contribution in [0, 0.1) is 12.7 Å². The monoisotopic (exact) mass is 468 g/mol. The third-order valence-electron chi connectivity index (χ3n) is 4.71. The Morgan fingerprint density at radius 1 is 1.09 bits per heavy atom. The van der Waals surface area contributed by atoms with Crippen LogP contribution in [0.3, 0.4) is 0 Å². The van der Waals surface area contributed by atoms with Crippen LogP contribution in [0.25, 0.3) is 5.78 Å². The third kappa shape index (κ3) is 4.85. The molecule has 0 bridgehead atoms. The fourth-order valence-corrected chi connectivity index (χ4v) is 3.78. The molecule has 0 unspecified atom stereocenters. The molecule has 0 atom stereocenters. The number of carbonyl (C=O) groups excluding carboxylic acids is 2. The lowest BCUT2D eigenvalue weighted by molar-refractivity contribution is 0.0701. The fraction of sp³-hybridized carbons (Fsp3) is 0.143. The Labute approximate surface area is 190 Å². The highest BCUT2D eigenvalue weighted by molar-refractivity contribution is 7.12. The van der Waals surface area contributed by atoms with E-state index in [2.05, 4.69) is 25.7 Å². The number of rotatable bonds is 7. The van der Waals surface area contributed by atoms with Gasteiger partial charge >= 0.3 is 5.97 Å². The van der Waals surface area contributed by atoms with Crippen molar-refractivity contribution in [1.82, 2.24) is 30.2 Å². The highest BCUT2D eigenvalue weighted by atomic mass is 32.1. The van der Waals surface area contributed by atoms with Crippen LogP contribution < -0.4 is 10.6 Å². The summed E-state index contributed by atoms with van der Waals surface area (Å²) in [5, 5.41) is 20.0. The first-order chi connectivity index (χ1) is 15.8. The largest absolute Gasteiger partial charge is 0.477 e. The van der Waals surface area contributed by atoms with Crippen LogP contribution in [-0.4, -0.2) is 42.5 Å². The van der Waals surface area contributed by atoms with E-state index in [9.17, 15) is 18.8 Å². The van der Waals surface area contributed by atoms with Crippen molar-refractivity contribution < 1.29 is 23.9 Å². The van der Waals surface area contributed by atoms with Crippen LogP contribution in [0.4, 0.5) is 4.39 Å². The van der Waals surface area contributed by atoms with Crippen molar-refractivity contribution in [2.45, 2.75) is 20.0 Å². The molecule has 0 saturated heterocycles. The number of aryl methyl sites for hydroxylation is 1. The molecule has 10 nitrogen and oxygen atoms in total. The minimum absolute atomic E-state index is 0.0361. The molecule has 2 amide bonds. The number of nitrogens with zero attached hydrogens (tertiary/aromatic N) is 4. The maximum Gasteiger partial charge on any atom is 0.345 e. The molecule has 1 aromatic carbocycles. The van der Waals surface area contributed by atoms with E-state index in [1.165, 1.54) is 29.0 Å². The van der Waals surface area contributed by atoms with Crippen LogP contribution in [0.5, 0.6) is 0 Å². The molecule has 168 valence electrons. The highest BCUT2D eigenvalue weighted by Crippen LogP contribution is 2.15. The molecule has 0 aliphatic carbocycles. The van der Waals surface area contributed by atoms with Crippen LogP contribution in [0.1, 0.15) is 47.3 Å². The van der Waals surface area contributed by atoms with E-state index >= 15 is 0 Å². The van der Waals surface area contributed by atoms with Crippen LogP contribution in [-0.2, 0) is 13.1 Å². The number of carboxylic acids is 1. The van der Waals surface area contributed by atoms with Gasteiger partial charge in [-0.3, -0.25) is 9.59 Å². The summed E-state index contributed by atoms with van der Waals surface area (Å²) in [4.78, 5) is 44.7. The molecular weight excluding hydrogens is 451 g/mol. The normalized spacial score (nSPS) is 10.8. The summed E-state index contributed by atoms with van der Waals surface area (Å²) >= 11 is 1.06. The second-order valence-corrected chi connectivity index (χ2v) is 7.98. The Hall–Kier alpha value is -4.19. The molecule has 0 aliphatic heterocycles. The van der Waals surface area contributed by atoms with Gasteiger partial charge in [0.2, 0.25) is 0 Å². The average Bonchev–Trinajstić information content (AvgIpc) is 3.47. The molecule has 0 fully saturated rings. The molecule has 0 saturated carbocycles. The first kappa shape index (κ1) is 22.0. The number of carbonyl (C=O) groups is 3. The number of fused-ring (bicyclic) bond motifs is 1. The van der Waals surface area contributed by atoms with Crippen molar-refractivity contribution >= 4 is 34.9 Å². The Bertz CT molecular complexity index is 1380. The van der Waals surface area contributed by atoms with Gasteiger partial charge in [-0.05, 0) is 41.1 Å². The second kappa shape index (κ2) is 9.12. The van der Waals surface area contributed by atoms with E-state index in [1.807, 2.05) is 0 Å². The number of carboxylic acid groups (broad SMARTS) is 1. The van der Waals surface area contributed by atoms with E-state index in [-0.39, 0.29) is 40.9 Å². The molecule has 0 aliphatic rings. The quantitative estimate of drug-likeness (QED) is 0.378. The first-order valence-electron chi connectivity index (χ1n) is 9.64. The summed E-state index contributed by atoms with van der Waals surface area (Å²) in [7, 11) is 0. The van der Waals surface area contributed by atoms with Crippen molar-refractivity contribution in [3.63, 3.8) is 0 Å². The summed E-state index contributed by atoms with van der Waals surface area (Å²) in [5.41, 5.74) is 1.80. The Morgan fingerprint density at radius 3 is 2.58 bits per heavy atom. The van der Waals surface area contributed by atoms with E-state index in [1.54, 1.807) is 24.4 Å². The molecule has 4 aromatic rings. The number of aromatic nitrogens is 4. The summed E-state index contributed by atoms with van der Waals surface area (Å²) < 4.78 is 14.6. The number of aromatic carboxylic acids is 1. The zero-order chi connectivity index (χ0) is 23.5. The third-order valence-corrected chi connectivity index (χ3v) is 5.68. The summed E-state index contributed by atoms with van der Waals surface area (Å²) in [5.74, 6) is -2.39. The SMILES string of the molecule is Cc1cc(CNC(=O)c2cc(C(=O)NCc3csc(C(=O)O)c3)n3ncnc3n2)ccc1F. The van der Waals surface area contributed by atoms with Gasteiger partial charge in [-0.25, -0.2) is 14.2 Å². The van der Waals surface area contributed by atoms with Gasteiger partial charge in [0.15, 0.2) is 0 Å². The smallest absolute Gasteiger partial charge is 0.345 e. The highest BCUT2D eigenvalue weighted by Gasteiger charge is 2.18. The number of hydrogen-bond acceptors (Lipinski definition) is 7. The first-order valence-corrected chi connectivity index (χ1v) is 10.5. The molecule has 3 aromatic heterocycles. The van der Waals surface area contributed by atoms with Crippen molar-refractivity contribution in [3.8, 4) is 0 Å². The maximum atomic E-state index is 13.4. The zero-order valence-electron chi connectivity index (χ0n) is 17.2. The van der Waals surface area contributed by atoms with Gasteiger partial charge in [0.1, 0.15) is 28.4 Å². The average molecular weight is 468 g/mol. The Morgan fingerprint density at radius 2 is 1.85 bits per heavy atom. The van der Waals surface area contributed by atoms with E-state index < -0.39 is 17.8 Å². The maximum absolute atomic E-state index is 13.4. The lowest BCUT2D eigenvalue weighted by atomic mass is 10.1. The second-order valence-electron chi connectivity index (χ2n) is 7.07. The van der Waals surface area contributed by atoms with Gasteiger partial charge in [0, 0.05) is 19.2 Å². The number of amides is 2. The number of nitrogens with one attached hydrogen (secondary N) is 2. The molecule has 0 radical (unpaired) electrons. The number of halogens is 1. The summed E-state index contributed by atoms with van der Waals surface area (Å²) in [6.45, 7) is 1.86. The van der Waals surface area contributed by atoms with E-state index in [0.29, 0.717) is 16.7 Å². The van der Waals surface area contributed by atoms with E-state index in [0.717, 1.165) is 11.3 Å². The molecule has 4 rings (SSSR count). The van der Waals surface area contributed by atoms with Crippen molar-refractivity contribution in [3.05, 3.63) is 80.8 Å². The number of benzene rings is 1. The number of thiophene rings is 1. The molecule has 12 heteroatoms. The topological polar surface area (TPSA) is 139 Å². The van der Waals surface area contributed by atoms with E-state index in [4.69, 9.17) is 5.11 Å². The van der Waals surface area contributed by atoms with Crippen LogP contribution in [0.15, 0.2) is 42.0 Å². The van der Waals surface area contributed by atoms with Gasteiger partial charge in [-0.2, -0.15) is 14.6 Å². The summed E-state index contributed by atoms with van der Waals surface area (Å²) in [6, 6.07) is 7.28. The predicted molar refractivity (Wildman–Crippen MR) is 116 cm³/mol. The fourth-order valence-electron chi connectivity index (χ4n) is 3.03. The van der Waals surface area contributed by atoms with Crippen molar-refractivity contribution in [1.29, 1.82) is 0 Å². The number of hydrogen-bond donors (Lipinski definition) is 3. The predicted octanol–water partition coefficient (Wildman–Crippen LogP) is 2.19. The van der Waals surface area contributed by atoms with Gasteiger partial charge < -0.3 is 15.7 Å². The van der Waals surface area contributed by atoms with Crippen LogP contribution >= 0.6 is 11.3 Å². The zero-order valence-corrected chi connectivity index (χ0v) is 18.0. The van der Waals surface area contributed by atoms with Crippen molar-refractivity contribution in [2.75, 3.05) is 0 Å². The van der Waals surface area contributed by atoms with Gasteiger partial charge in [-0.15, -0.1) is 11.3 Å². The van der Waals surface area contributed by atoms with Crippen LogP contribution in [0.2, 0.25) is 0 Å². The lowest BCUT2D eigenvalue weighted by Crippen LogP contribution is -2.28. The lowest BCUT2D eigenvalue weighted by Gasteiger charge is -2.09. The van der Waals surface area contributed by atoms with Gasteiger partial charge in [0.25, 0.3) is 17.6 Å². The molecule has 0 spiro atoms. The molecule has 33 heavy (non-hydrogen) atoms. The molecular formula is C21H17FN6O4S. The minimum atomic E-state index is -1.04. The molecule has 3 N–H and O–H groups in total. The summed E-state index contributed by atoms with van der Waals surface area (Å²) in [6.07, 6.45) is 1.21. The Balaban J connectivity index is 1.50. The minimum Gasteiger partial charge on any atom is -0.477 e. The molecule has 3 heterocycles. The van der Waals surface area contributed by atoms with Crippen molar-refractivity contribution in [2.24, 2.45) is 0 Å². The standard InChI is InChI=1S/C21H17FN6O4S/c1-11-4-12(2-3-14(11)22)7-23-18(29)15-6-16(28-21(27-15)25-10-26-28)19(30)24-8-13-5-17(20(31)32)33-9-13/h2-6,9-10H,7-8H2,1H3,(H,23,29)(H,24,30)(H,31,32). The van der Waals surface area contributed by atoms with Gasteiger partial charge in [-0.1, -0.05) is 12.1 Å². The van der Waals surface area contributed by atoms with Gasteiger partial charge in [0.05, 0.1) is 0 Å². The Kier molecular flexibility index (Phi) is 6.09.